The molecule has 1 N–H and O–H groups in total. The highest BCUT2D eigenvalue weighted by Crippen LogP contribution is 2.27. The van der Waals surface area contributed by atoms with Gasteiger partial charge >= 0.3 is 0 Å². The van der Waals surface area contributed by atoms with Crippen molar-refractivity contribution in [3.05, 3.63) is 63.1 Å². The fourth-order valence-electron chi connectivity index (χ4n) is 2.14. The van der Waals surface area contributed by atoms with Crippen LogP contribution in [-0.2, 0) is 13.0 Å². The van der Waals surface area contributed by atoms with E-state index in [4.69, 9.17) is 23.2 Å². The van der Waals surface area contributed by atoms with Gasteiger partial charge in [0.1, 0.15) is 0 Å². The Morgan fingerprint density at radius 3 is 2.42 bits per heavy atom. The van der Waals surface area contributed by atoms with Crippen molar-refractivity contribution in [1.29, 1.82) is 0 Å². The first-order valence-electron chi connectivity index (χ1n) is 6.38. The summed E-state index contributed by atoms with van der Waals surface area (Å²) in [6.07, 6.45) is 1.01. The van der Waals surface area contributed by atoms with Crippen LogP contribution in [0, 0.1) is 6.92 Å². The van der Waals surface area contributed by atoms with E-state index in [2.05, 4.69) is 37.4 Å². The lowest BCUT2D eigenvalue weighted by Gasteiger charge is -2.15. The van der Waals surface area contributed by atoms with E-state index in [9.17, 15) is 0 Å². The largest absolute Gasteiger partial charge is 0.380 e. The Morgan fingerprint density at radius 2 is 1.68 bits per heavy atom. The molecule has 0 saturated heterocycles. The van der Waals surface area contributed by atoms with Gasteiger partial charge in [0.25, 0.3) is 0 Å². The average Bonchev–Trinajstić information content (AvgIpc) is 2.41. The van der Waals surface area contributed by atoms with E-state index < -0.39 is 0 Å². The fourth-order valence-corrected chi connectivity index (χ4v) is 2.53. The first-order chi connectivity index (χ1) is 9.13. The molecule has 0 fully saturated rings. The molecule has 2 aromatic carbocycles. The van der Waals surface area contributed by atoms with Gasteiger partial charge in [0.05, 0.1) is 10.0 Å². The first-order valence-corrected chi connectivity index (χ1v) is 7.14. The molecule has 0 aliphatic rings. The minimum absolute atomic E-state index is 0.599. The Bertz CT molecular complexity index is 579. The van der Waals surface area contributed by atoms with E-state index in [-0.39, 0.29) is 0 Å². The summed E-state index contributed by atoms with van der Waals surface area (Å²) in [5.74, 6) is 0. The highest BCUT2D eigenvalue weighted by Gasteiger charge is 2.07. The normalized spacial score (nSPS) is 10.5. The van der Waals surface area contributed by atoms with E-state index in [0.29, 0.717) is 16.6 Å². The summed E-state index contributed by atoms with van der Waals surface area (Å²) in [7, 11) is 0. The SMILES string of the molecule is CCc1cccc(C)c1NCc1cccc(Cl)c1Cl. The van der Waals surface area contributed by atoms with E-state index in [0.717, 1.165) is 12.0 Å². The zero-order chi connectivity index (χ0) is 13.8. The molecule has 0 bridgehead atoms. The molecule has 0 atom stereocenters. The van der Waals surface area contributed by atoms with Crippen molar-refractivity contribution in [2.45, 2.75) is 26.8 Å². The number of aryl methyl sites for hydroxylation is 2. The molecule has 3 heteroatoms. The van der Waals surface area contributed by atoms with Crippen LogP contribution in [0.1, 0.15) is 23.6 Å². The van der Waals surface area contributed by atoms with Gasteiger partial charge in [0.2, 0.25) is 0 Å². The number of para-hydroxylation sites is 1. The third-order valence-corrected chi connectivity index (χ3v) is 4.09. The number of halogens is 2. The van der Waals surface area contributed by atoms with Gasteiger partial charge in [-0.1, -0.05) is 60.5 Å². The summed E-state index contributed by atoms with van der Waals surface area (Å²) >= 11 is 12.2. The molecular weight excluding hydrogens is 277 g/mol. The van der Waals surface area contributed by atoms with Gasteiger partial charge in [0, 0.05) is 12.2 Å². The molecule has 19 heavy (non-hydrogen) atoms. The summed E-state index contributed by atoms with van der Waals surface area (Å²) in [6, 6.07) is 12.1. The third kappa shape index (κ3) is 3.23. The van der Waals surface area contributed by atoms with E-state index in [1.165, 1.54) is 16.8 Å². The van der Waals surface area contributed by atoms with Crippen LogP contribution in [-0.4, -0.2) is 0 Å². The van der Waals surface area contributed by atoms with Crippen molar-refractivity contribution in [1.82, 2.24) is 0 Å². The van der Waals surface area contributed by atoms with Crippen molar-refractivity contribution < 1.29 is 0 Å². The molecule has 0 aliphatic carbocycles. The Morgan fingerprint density at radius 1 is 1.00 bits per heavy atom. The monoisotopic (exact) mass is 293 g/mol. The highest BCUT2D eigenvalue weighted by atomic mass is 35.5. The van der Waals surface area contributed by atoms with E-state index in [1.807, 2.05) is 12.1 Å². The predicted molar refractivity (Wildman–Crippen MR) is 84.3 cm³/mol. The molecule has 2 aromatic rings. The molecule has 1 nitrogen and oxygen atoms in total. The standard InChI is InChI=1S/C16H17Cl2N/c1-3-12-7-4-6-11(2)16(12)19-10-13-8-5-9-14(17)15(13)18/h4-9,19H,3,10H2,1-2H3. The fraction of sp³-hybridized carbons (Fsp3) is 0.250. The van der Waals surface area contributed by atoms with Gasteiger partial charge in [-0.2, -0.15) is 0 Å². The van der Waals surface area contributed by atoms with E-state index in [1.54, 1.807) is 6.07 Å². The van der Waals surface area contributed by atoms with Crippen molar-refractivity contribution in [2.75, 3.05) is 5.32 Å². The van der Waals surface area contributed by atoms with Crippen LogP contribution >= 0.6 is 23.2 Å². The van der Waals surface area contributed by atoms with Gasteiger partial charge in [0.15, 0.2) is 0 Å². The molecule has 0 unspecified atom stereocenters. The highest BCUT2D eigenvalue weighted by molar-refractivity contribution is 6.42. The number of rotatable bonds is 4. The average molecular weight is 294 g/mol. The minimum atomic E-state index is 0.599. The topological polar surface area (TPSA) is 12.0 Å². The lowest BCUT2D eigenvalue weighted by molar-refractivity contribution is 1.08. The third-order valence-electron chi connectivity index (χ3n) is 3.23. The number of anilines is 1. The maximum absolute atomic E-state index is 6.20. The Hall–Kier alpha value is -1.18. The summed E-state index contributed by atoms with van der Waals surface area (Å²) in [6.45, 7) is 4.95. The van der Waals surface area contributed by atoms with Gasteiger partial charge < -0.3 is 5.32 Å². The maximum atomic E-state index is 6.20. The van der Waals surface area contributed by atoms with Gasteiger partial charge in [-0.3, -0.25) is 0 Å². The van der Waals surface area contributed by atoms with Crippen molar-refractivity contribution in [2.24, 2.45) is 0 Å². The van der Waals surface area contributed by atoms with Crippen LogP contribution in [0.2, 0.25) is 10.0 Å². The van der Waals surface area contributed by atoms with Gasteiger partial charge in [-0.25, -0.2) is 0 Å². The van der Waals surface area contributed by atoms with Crippen LogP contribution in [0.4, 0.5) is 5.69 Å². The number of hydrogen-bond acceptors (Lipinski definition) is 1. The lowest BCUT2D eigenvalue weighted by Crippen LogP contribution is -2.04. The molecule has 2 rings (SSSR count). The second-order valence-electron chi connectivity index (χ2n) is 4.53. The minimum Gasteiger partial charge on any atom is -0.380 e. The second-order valence-corrected chi connectivity index (χ2v) is 5.31. The Kier molecular flexibility index (Phi) is 4.73. The predicted octanol–water partition coefficient (Wildman–Crippen LogP) is 5.48. The molecule has 0 heterocycles. The summed E-state index contributed by atoms with van der Waals surface area (Å²) in [5, 5.41) is 4.70. The molecule has 0 radical (unpaired) electrons. The van der Waals surface area contributed by atoms with E-state index >= 15 is 0 Å². The Balaban J connectivity index is 2.21. The first kappa shape index (κ1) is 14.2. The number of benzene rings is 2. The molecule has 0 aliphatic heterocycles. The van der Waals surface area contributed by atoms with Crippen LogP contribution in [0.3, 0.4) is 0 Å². The van der Waals surface area contributed by atoms with Crippen LogP contribution in [0.15, 0.2) is 36.4 Å². The molecule has 0 aromatic heterocycles. The van der Waals surface area contributed by atoms with Crippen LogP contribution in [0.25, 0.3) is 0 Å². The summed E-state index contributed by atoms with van der Waals surface area (Å²) in [4.78, 5) is 0. The molecule has 0 spiro atoms. The second kappa shape index (κ2) is 6.31. The number of hydrogen-bond donors (Lipinski definition) is 1. The van der Waals surface area contributed by atoms with Gasteiger partial charge in [-0.05, 0) is 36.1 Å². The van der Waals surface area contributed by atoms with Crippen molar-refractivity contribution in [3.63, 3.8) is 0 Å². The zero-order valence-electron chi connectivity index (χ0n) is 11.1. The smallest absolute Gasteiger partial charge is 0.0642 e. The number of nitrogens with one attached hydrogen (secondary N) is 1. The van der Waals surface area contributed by atoms with Crippen LogP contribution in [0.5, 0.6) is 0 Å². The summed E-state index contributed by atoms with van der Waals surface area (Å²) in [5.41, 5.74) is 4.77. The Labute approximate surface area is 124 Å². The maximum Gasteiger partial charge on any atom is 0.0642 e. The molecular formula is C16H17Cl2N. The van der Waals surface area contributed by atoms with Gasteiger partial charge in [-0.15, -0.1) is 0 Å². The lowest BCUT2D eigenvalue weighted by atomic mass is 10.1. The van der Waals surface area contributed by atoms with Crippen molar-refractivity contribution >= 4 is 28.9 Å². The molecule has 0 saturated carbocycles. The molecule has 0 amide bonds. The zero-order valence-corrected chi connectivity index (χ0v) is 12.6. The summed E-state index contributed by atoms with van der Waals surface area (Å²) < 4.78 is 0. The van der Waals surface area contributed by atoms with Crippen molar-refractivity contribution in [3.8, 4) is 0 Å². The van der Waals surface area contributed by atoms with Crippen LogP contribution < -0.4 is 5.32 Å². The quantitative estimate of drug-likeness (QED) is 0.787. The molecule has 100 valence electrons.